The summed E-state index contributed by atoms with van der Waals surface area (Å²) in [5.74, 6) is 1.53. The van der Waals surface area contributed by atoms with Crippen molar-refractivity contribution in [1.29, 1.82) is 0 Å². The van der Waals surface area contributed by atoms with E-state index in [2.05, 4.69) is 50.0 Å². The van der Waals surface area contributed by atoms with Gasteiger partial charge in [-0.1, -0.05) is 30.3 Å². The summed E-state index contributed by atoms with van der Waals surface area (Å²) < 4.78 is 13.2. The van der Waals surface area contributed by atoms with Crippen LogP contribution in [0.25, 0.3) is 10.9 Å². The number of nitrogens with one attached hydrogen (secondary N) is 1. The van der Waals surface area contributed by atoms with E-state index in [-0.39, 0.29) is 29.6 Å². The number of hydrogen-bond acceptors (Lipinski definition) is 4. The van der Waals surface area contributed by atoms with Gasteiger partial charge in [0.2, 0.25) is 5.91 Å². The lowest BCUT2D eigenvalue weighted by atomic mass is 9.70. The number of nitrogens with zero attached hydrogens (tertiary/aromatic N) is 1. The first kappa shape index (κ1) is 22.6. The highest BCUT2D eigenvalue weighted by atomic mass is 16.5. The van der Waals surface area contributed by atoms with E-state index in [9.17, 15) is 4.79 Å². The van der Waals surface area contributed by atoms with Crippen LogP contribution in [0.2, 0.25) is 0 Å². The molecule has 35 heavy (non-hydrogen) atoms. The number of aryl methyl sites for hydroxylation is 1. The van der Waals surface area contributed by atoms with Crippen molar-refractivity contribution in [3.05, 3.63) is 65.4 Å². The minimum atomic E-state index is -0.549. The molecule has 1 amide bonds. The van der Waals surface area contributed by atoms with Crippen LogP contribution in [0.1, 0.15) is 49.5 Å². The number of para-hydroxylation sites is 1. The molecule has 4 heterocycles. The van der Waals surface area contributed by atoms with Gasteiger partial charge in [-0.05, 0) is 63.3 Å². The number of piperidine rings is 1. The molecule has 6 heteroatoms. The van der Waals surface area contributed by atoms with Crippen LogP contribution < -0.4 is 10.5 Å². The number of carbonyl (C=O) groups excluding carboxylic acids is 1. The number of H-pyrrole nitrogens is 1. The molecule has 3 aliphatic heterocycles. The Bertz CT molecular complexity index is 1270. The van der Waals surface area contributed by atoms with Gasteiger partial charge in [-0.2, -0.15) is 0 Å². The quantitative estimate of drug-likeness (QED) is 0.586. The van der Waals surface area contributed by atoms with E-state index in [4.69, 9.17) is 15.2 Å². The standard InChI is InChI=1S/C29H35N3O3/c1-17-8-9-21-26(12-17)35-29(2,3)22-13-19-16-32(11-10-25(19)34-27(21)22)28(33)23(30)14-18-15-31-24-7-5-4-6-20(18)24/h4-9,12,15,19,22-23,25,27,31H,10-11,13-14,16,30H2,1-3H3/t19-,22+,23-,25+,27-/m0/s1. The maximum atomic E-state index is 13.4. The van der Waals surface area contributed by atoms with Gasteiger partial charge in [-0.15, -0.1) is 0 Å². The van der Waals surface area contributed by atoms with Gasteiger partial charge in [0, 0.05) is 47.6 Å². The summed E-state index contributed by atoms with van der Waals surface area (Å²) in [5.41, 5.74) is 10.7. The summed E-state index contributed by atoms with van der Waals surface area (Å²) in [6.07, 6.45) is 4.55. The Hall–Kier alpha value is -2.83. The number of amides is 1. The zero-order valence-corrected chi connectivity index (χ0v) is 20.8. The third-order valence-electron chi connectivity index (χ3n) is 8.39. The average Bonchev–Trinajstić information content (AvgIpc) is 3.24. The second-order valence-corrected chi connectivity index (χ2v) is 11.2. The molecule has 6 rings (SSSR count). The Labute approximate surface area is 206 Å². The van der Waals surface area contributed by atoms with Crippen molar-refractivity contribution in [2.45, 2.75) is 63.9 Å². The molecule has 2 fully saturated rings. The molecule has 1 aromatic heterocycles. The highest BCUT2D eigenvalue weighted by Gasteiger charge is 2.51. The molecule has 0 saturated carbocycles. The van der Waals surface area contributed by atoms with Crippen LogP contribution in [0.4, 0.5) is 0 Å². The highest BCUT2D eigenvalue weighted by molar-refractivity contribution is 5.86. The summed E-state index contributed by atoms with van der Waals surface area (Å²) in [6.45, 7) is 7.83. The fraction of sp³-hybridized carbons (Fsp3) is 0.483. The molecule has 0 aliphatic carbocycles. The van der Waals surface area contributed by atoms with E-state index < -0.39 is 6.04 Å². The molecule has 3 aromatic rings. The number of nitrogens with two attached hydrogens (primary N) is 1. The number of benzene rings is 2. The van der Waals surface area contributed by atoms with Crippen LogP contribution in [-0.4, -0.2) is 46.6 Å². The topological polar surface area (TPSA) is 80.6 Å². The lowest BCUT2D eigenvalue weighted by Crippen LogP contribution is -2.57. The third-order valence-corrected chi connectivity index (χ3v) is 8.39. The molecule has 0 bridgehead atoms. The number of hydrogen-bond donors (Lipinski definition) is 2. The van der Waals surface area contributed by atoms with Gasteiger partial charge < -0.3 is 25.1 Å². The second-order valence-electron chi connectivity index (χ2n) is 11.2. The van der Waals surface area contributed by atoms with Gasteiger partial charge in [0.1, 0.15) is 11.4 Å². The van der Waals surface area contributed by atoms with Crippen molar-refractivity contribution in [1.82, 2.24) is 9.88 Å². The number of fused-ring (bicyclic) bond motifs is 5. The van der Waals surface area contributed by atoms with Crippen LogP contribution in [-0.2, 0) is 16.0 Å². The maximum Gasteiger partial charge on any atom is 0.239 e. The van der Waals surface area contributed by atoms with Gasteiger partial charge in [0.25, 0.3) is 0 Å². The molecule has 3 N–H and O–H groups in total. The van der Waals surface area contributed by atoms with E-state index in [1.165, 1.54) is 5.56 Å². The Morgan fingerprint density at radius 1 is 1.26 bits per heavy atom. The zero-order chi connectivity index (χ0) is 24.3. The fourth-order valence-electron chi connectivity index (χ4n) is 6.47. The molecule has 6 nitrogen and oxygen atoms in total. The zero-order valence-electron chi connectivity index (χ0n) is 20.8. The Kier molecular flexibility index (Phi) is 5.42. The van der Waals surface area contributed by atoms with Gasteiger partial charge in [-0.25, -0.2) is 0 Å². The second kappa shape index (κ2) is 8.38. The lowest BCUT2D eigenvalue weighted by molar-refractivity contribution is -0.189. The van der Waals surface area contributed by atoms with E-state index in [1.54, 1.807) is 0 Å². The Morgan fingerprint density at radius 2 is 2.09 bits per heavy atom. The normalized spacial score (nSPS) is 27.9. The largest absolute Gasteiger partial charge is 0.487 e. The summed E-state index contributed by atoms with van der Waals surface area (Å²) in [6, 6.07) is 14.0. The number of aromatic nitrogens is 1. The van der Waals surface area contributed by atoms with Gasteiger partial charge in [0.15, 0.2) is 0 Å². The van der Waals surface area contributed by atoms with Gasteiger partial charge in [-0.3, -0.25) is 4.79 Å². The number of ether oxygens (including phenoxy) is 2. The predicted octanol–water partition coefficient (Wildman–Crippen LogP) is 4.51. The summed E-state index contributed by atoms with van der Waals surface area (Å²) in [4.78, 5) is 18.6. The van der Waals surface area contributed by atoms with E-state index in [1.807, 2.05) is 29.3 Å². The maximum absolute atomic E-state index is 13.4. The van der Waals surface area contributed by atoms with Gasteiger partial charge in [0.05, 0.1) is 18.2 Å². The van der Waals surface area contributed by atoms with E-state index in [0.29, 0.717) is 25.4 Å². The monoisotopic (exact) mass is 473 g/mol. The molecule has 0 spiro atoms. The van der Waals surface area contributed by atoms with Crippen molar-refractivity contribution in [3.63, 3.8) is 0 Å². The Morgan fingerprint density at radius 3 is 2.94 bits per heavy atom. The fourth-order valence-corrected chi connectivity index (χ4v) is 6.47. The minimum Gasteiger partial charge on any atom is -0.487 e. The molecule has 0 radical (unpaired) electrons. The smallest absolute Gasteiger partial charge is 0.239 e. The van der Waals surface area contributed by atoms with Crippen LogP contribution >= 0.6 is 0 Å². The third kappa shape index (κ3) is 3.93. The molecule has 0 unspecified atom stereocenters. The molecular weight excluding hydrogens is 438 g/mol. The van der Waals surface area contributed by atoms with Crippen LogP contribution in [0.3, 0.4) is 0 Å². The van der Waals surface area contributed by atoms with Crippen molar-refractivity contribution >= 4 is 16.8 Å². The molecule has 3 aliphatic rings. The van der Waals surface area contributed by atoms with Crippen molar-refractivity contribution in [3.8, 4) is 5.75 Å². The average molecular weight is 474 g/mol. The molecule has 2 aromatic carbocycles. The molecular formula is C29H35N3O3. The van der Waals surface area contributed by atoms with E-state index >= 15 is 0 Å². The summed E-state index contributed by atoms with van der Waals surface area (Å²) >= 11 is 0. The van der Waals surface area contributed by atoms with E-state index in [0.717, 1.165) is 40.6 Å². The number of likely N-dealkylation sites (tertiary alicyclic amines) is 1. The van der Waals surface area contributed by atoms with Crippen LogP contribution in [0, 0.1) is 18.8 Å². The number of carbonyl (C=O) groups is 1. The predicted molar refractivity (Wildman–Crippen MR) is 136 cm³/mol. The highest BCUT2D eigenvalue weighted by Crippen LogP contribution is 2.53. The number of rotatable bonds is 3. The first-order chi connectivity index (χ1) is 16.8. The van der Waals surface area contributed by atoms with Crippen LogP contribution in [0.15, 0.2) is 48.7 Å². The molecule has 5 atom stereocenters. The van der Waals surface area contributed by atoms with Crippen molar-refractivity contribution in [2.24, 2.45) is 17.6 Å². The lowest BCUT2D eigenvalue weighted by Gasteiger charge is -2.53. The van der Waals surface area contributed by atoms with Crippen molar-refractivity contribution < 1.29 is 14.3 Å². The first-order valence-corrected chi connectivity index (χ1v) is 12.8. The SMILES string of the molecule is Cc1ccc2c(c1)OC(C)(C)[C@@H]1C[C@H]3CN(C(=O)[C@@H](N)Cc4c[nH]c5ccccc45)CC[C@H]3O[C@@H]21. The Balaban J connectivity index is 1.16. The van der Waals surface area contributed by atoms with Crippen molar-refractivity contribution in [2.75, 3.05) is 13.1 Å². The molecule has 2 saturated heterocycles. The first-order valence-electron chi connectivity index (χ1n) is 12.8. The van der Waals surface area contributed by atoms with Crippen LogP contribution in [0.5, 0.6) is 5.75 Å². The molecule has 184 valence electrons. The van der Waals surface area contributed by atoms with Gasteiger partial charge >= 0.3 is 0 Å². The summed E-state index contributed by atoms with van der Waals surface area (Å²) in [7, 11) is 0. The minimum absolute atomic E-state index is 0.0378. The number of aromatic amines is 1. The summed E-state index contributed by atoms with van der Waals surface area (Å²) in [5, 5.41) is 1.14.